The van der Waals surface area contributed by atoms with Crippen molar-refractivity contribution in [3.63, 3.8) is 0 Å². The number of rotatable bonds is 4. The maximum Gasteiger partial charge on any atom is 0.161 e. The number of hydrogen-bond acceptors (Lipinski definition) is 4. The lowest BCUT2D eigenvalue weighted by Gasteiger charge is -2.26. The summed E-state index contributed by atoms with van der Waals surface area (Å²) in [5, 5.41) is 0. The largest absolute Gasteiger partial charge is 0.486 e. The van der Waals surface area contributed by atoms with E-state index in [1.54, 1.807) is 6.33 Å². The van der Waals surface area contributed by atoms with Gasteiger partial charge in [-0.15, -0.1) is 0 Å². The van der Waals surface area contributed by atoms with E-state index < -0.39 is 0 Å². The highest BCUT2D eigenvalue weighted by atomic mass is 16.6. The van der Waals surface area contributed by atoms with Crippen molar-refractivity contribution in [2.45, 2.75) is 19.5 Å². The van der Waals surface area contributed by atoms with Crippen LogP contribution in [-0.2, 0) is 6.54 Å². The number of ether oxygens (including phenoxy) is 2. The predicted molar refractivity (Wildman–Crippen MR) is 75.9 cm³/mol. The number of nitrogens with zero attached hydrogens (tertiary/aromatic N) is 2. The third-order valence-electron chi connectivity index (χ3n) is 3.68. The average molecular weight is 273 g/mol. The molecule has 0 saturated carbocycles. The molecule has 0 fully saturated rings. The quantitative estimate of drug-likeness (QED) is 0.929. The van der Waals surface area contributed by atoms with Crippen LogP contribution in [0.25, 0.3) is 0 Å². The molecule has 3 rings (SSSR count). The van der Waals surface area contributed by atoms with E-state index in [9.17, 15) is 0 Å². The van der Waals surface area contributed by atoms with Crippen LogP contribution in [0.15, 0.2) is 30.7 Å². The molecule has 0 radical (unpaired) electrons. The predicted octanol–water partition coefficient (Wildman–Crippen LogP) is 2.37. The van der Waals surface area contributed by atoms with E-state index in [4.69, 9.17) is 9.47 Å². The summed E-state index contributed by atoms with van der Waals surface area (Å²) in [7, 11) is 2.10. The number of aromatic amines is 1. The number of imidazole rings is 1. The summed E-state index contributed by atoms with van der Waals surface area (Å²) in [4.78, 5) is 9.44. The molecule has 0 bridgehead atoms. The molecule has 106 valence electrons. The summed E-state index contributed by atoms with van der Waals surface area (Å²) >= 11 is 0. The minimum absolute atomic E-state index is 0.286. The number of nitrogens with one attached hydrogen (secondary N) is 1. The van der Waals surface area contributed by atoms with Gasteiger partial charge in [0.05, 0.1) is 6.33 Å². The molecular weight excluding hydrogens is 254 g/mol. The van der Waals surface area contributed by atoms with Gasteiger partial charge in [-0.05, 0) is 31.7 Å². The summed E-state index contributed by atoms with van der Waals surface area (Å²) in [6.07, 6.45) is 3.56. The molecule has 0 amide bonds. The van der Waals surface area contributed by atoms with Crippen molar-refractivity contribution in [3.8, 4) is 11.5 Å². The number of fused-ring (bicyclic) bond motifs is 1. The second-order valence-corrected chi connectivity index (χ2v) is 5.07. The Hall–Kier alpha value is -2.01. The van der Waals surface area contributed by atoms with Crippen molar-refractivity contribution in [1.29, 1.82) is 0 Å². The zero-order valence-electron chi connectivity index (χ0n) is 11.8. The maximum absolute atomic E-state index is 5.64. The molecule has 1 aromatic carbocycles. The fourth-order valence-electron chi connectivity index (χ4n) is 2.35. The van der Waals surface area contributed by atoms with Crippen LogP contribution in [0.2, 0.25) is 0 Å². The second kappa shape index (κ2) is 5.54. The zero-order valence-corrected chi connectivity index (χ0v) is 11.8. The van der Waals surface area contributed by atoms with E-state index in [1.807, 2.05) is 12.3 Å². The van der Waals surface area contributed by atoms with Crippen LogP contribution in [0.5, 0.6) is 11.5 Å². The van der Waals surface area contributed by atoms with Crippen LogP contribution >= 0.6 is 0 Å². The molecule has 20 heavy (non-hydrogen) atoms. The number of benzene rings is 1. The monoisotopic (exact) mass is 273 g/mol. The van der Waals surface area contributed by atoms with Crippen LogP contribution in [0.4, 0.5) is 0 Å². The molecule has 1 aliphatic heterocycles. The zero-order chi connectivity index (χ0) is 13.9. The van der Waals surface area contributed by atoms with Crippen molar-refractivity contribution >= 4 is 0 Å². The van der Waals surface area contributed by atoms with Crippen LogP contribution in [0, 0.1) is 0 Å². The molecule has 5 nitrogen and oxygen atoms in total. The Bertz CT molecular complexity index is 569. The highest BCUT2D eigenvalue weighted by molar-refractivity contribution is 5.44. The van der Waals surface area contributed by atoms with Crippen LogP contribution < -0.4 is 9.47 Å². The van der Waals surface area contributed by atoms with Gasteiger partial charge in [-0.3, -0.25) is 4.90 Å². The second-order valence-electron chi connectivity index (χ2n) is 5.07. The first-order valence-corrected chi connectivity index (χ1v) is 6.81. The summed E-state index contributed by atoms with van der Waals surface area (Å²) in [5.74, 6) is 1.68. The van der Waals surface area contributed by atoms with E-state index in [-0.39, 0.29) is 6.04 Å². The molecule has 5 heteroatoms. The Labute approximate surface area is 118 Å². The molecule has 1 aliphatic rings. The van der Waals surface area contributed by atoms with Gasteiger partial charge in [-0.2, -0.15) is 0 Å². The Morgan fingerprint density at radius 2 is 2.10 bits per heavy atom. The van der Waals surface area contributed by atoms with Gasteiger partial charge in [-0.25, -0.2) is 4.98 Å². The molecule has 0 saturated heterocycles. The lowest BCUT2D eigenvalue weighted by molar-refractivity contribution is 0.170. The van der Waals surface area contributed by atoms with E-state index in [0.29, 0.717) is 13.2 Å². The Balaban J connectivity index is 1.74. The van der Waals surface area contributed by atoms with Crippen LogP contribution in [-0.4, -0.2) is 35.1 Å². The molecular formula is C15H19N3O2. The third kappa shape index (κ3) is 2.63. The van der Waals surface area contributed by atoms with Gasteiger partial charge in [0.1, 0.15) is 13.2 Å². The number of H-pyrrole nitrogens is 1. The maximum atomic E-state index is 5.64. The molecule has 1 atom stereocenters. The van der Waals surface area contributed by atoms with E-state index in [1.165, 1.54) is 5.56 Å². The molecule has 1 N–H and O–H groups in total. The summed E-state index contributed by atoms with van der Waals surface area (Å²) < 4.78 is 11.2. The van der Waals surface area contributed by atoms with Crippen LogP contribution in [0.1, 0.15) is 24.2 Å². The first kappa shape index (κ1) is 13.0. The van der Waals surface area contributed by atoms with E-state index in [2.05, 4.69) is 41.0 Å². The van der Waals surface area contributed by atoms with Crippen molar-refractivity contribution in [1.82, 2.24) is 14.9 Å². The fraction of sp³-hybridized carbons (Fsp3) is 0.400. The van der Waals surface area contributed by atoms with Gasteiger partial charge in [0.25, 0.3) is 0 Å². The van der Waals surface area contributed by atoms with Gasteiger partial charge in [-0.1, -0.05) is 6.07 Å². The molecule has 2 heterocycles. The molecule has 2 aromatic rings. The van der Waals surface area contributed by atoms with Crippen LogP contribution in [0.3, 0.4) is 0 Å². The normalized spacial score (nSPS) is 15.3. The van der Waals surface area contributed by atoms with E-state index >= 15 is 0 Å². The minimum atomic E-state index is 0.286. The smallest absolute Gasteiger partial charge is 0.161 e. The molecule has 0 unspecified atom stereocenters. The first-order valence-electron chi connectivity index (χ1n) is 6.81. The van der Waals surface area contributed by atoms with Crippen molar-refractivity contribution in [2.75, 3.05) is 20.3 Å². The highest BCUT2D eigenvalue weighted by Crippen LogP contribution is 2.33. The summed E-state index contributed by atoms with van der Waals surface area (Å²) in [6, 6.07) is 6.45. The standard InChI is InChI=1S/C15H19N3O2/c1-11(18(2)9-13-8-16-10-17-13)12-3-4-14-15(7-12)20-6-5-19-14/h3-4,7-8,10-11H,5-6,9H2,1-2H3,(H,16,17)/t11-/m0/s1. The average Bonchev–Trinajstić information content (AvgIpc) is 2.99. The van der Waals surface area contributed by atoms with Gasteiger partial charge < -0.3 is 14.5 Å². The van der Waals surface area contributed by atoms with Gasteiger partial charge in [0, 0.05) is 24.5 Å². The summed E-state index contributed by atoms with van der Waals surface area (Å²) in [6.45, 7) is 4.26. The van der Waals surface area contributed by atoms with Crippen molar-refractivity contribution in [2.24, 2.45) is 0 Å². The highest BCUT2D eigenvalue weighted by Gasteiger charge is 2.17. The first-order chi connectivity index (χ1) is 9.74. The lowest BCUT2D eigenvalue weighted by atomic mass is 10.1. The van der Waals surface area contributed by atoms with E-state index in [0.717, 1.165) is 23.7 Å². The lowest BCUT2D eigenvalue weighted by Crippen LogP contribution is -2.22. The van der Waals surface area contributed by atoms with Crippen molar-refractivity contribution in [3.05, 3.63) is 42.0 Å². The Kier molecular flexibility index (Phi) is 3.60. The topological polar surface area (TPSA) is 50.4 Å². The fourth-order valence-corrected chi connectivity index (χ4v) is 2.35. The van der Waals surface area contributed by atoms with Gasteiger partial charge in [0.15, 0.2) is 11.5 Å². The molecule has 0 spiro atoms. The number of hydrogen-bond donors (Lipinski definition) is 1. The summed E-state index contributed by atoms with van der Waals surface area (Å²) in [5.41, 5.74) is 2.33. The van der Waals surface area contributed by atoms with Gasteiger partial charge in [0.2, 0.25) is 0 Å². The SMILES string of the molecule is C[C@@H](c1ccc2c(c1)OCCO2)N(C)Cc1cnc[nH]1. The Morgan fingerprint density at radius 1 is 1.30 bits per heavy atom. The molecule has 0 aliphatic carbocycles. The van der Waals surface area contributed by atoms with Gasteiger partial charge >= 0.3 is 0 Å². The molecule has 1 aromatic heterocycles. The third-order valence-corrected chi connectivity index (χ3v) is 3.68. The Morgan fingerprint density at radius 3 is 2.85 bits per heavy atom. The minimum Gasteiger partial charge on any atom is -0.486 e. The number of aromatic nitrogens is 2. The van der Waals surface area contributed by atoms with Crippen molar-refractivity contribution < 1.29 is 9.47 Å².